The highest BCUT2D eigenvalue weighted by molar-refractivity contribution is 5.15. The maximum Gasteiger partial charge on any atom is 0.198 e. The maximum absolute atomic E-state index is 8.43. The summed E-state index contributed by atoms with van der Waals surface area (Å²) in [5.74, 6) is 0.959. The lowest BCUT2D eigenvalue weighted by Gasteiger charge is -1.99. The van der Waals surface area contributed by atoms with E-state index < -0.39 is 0 Å². The molecule has 11 heavy (non-hydrogen) atoms. The van der Waals surface area contributed by atoms with Crippen molar-refractivity contribution in [1.82, 2.24) is 4.98 Å². The summed E-state index contributed by atoms with van der Waals surface area (Å²) in [5, 5.41) is 8.43. The Morgan fingerprint density at radius 3 is 3.00 bits per heavy atom. The molecule has 0 radical (unpaired) electrons. The summed E-state index contributed by atoms with van der Waals surface area (Å²) in [5.41, 5.74) is 0.361. The lowest BCUT2D eigenvalue weighted by molar-refractivity contribution is 0.453. The first-order valence-electron chi connectivity index (χ1n) is 3.63. The molecule has 1 aromatic heterocycles. The molecule has 0 saturated heterocycles. The topological polar surface area (TPSA) is 49.8 Å². The van der Waals surface area contributed by atoms with Crippen molar-refractivity contribution < 1.29 is 4.42 Å². The fourth-order valence-electron chi connectivity index (χ4n) is 0.740. The van der Waals surface area contributed by atoms with Gasteiger partial charge in [0.25, 0.3) is 0 Å². The van der Waals surface area contributed by atoms with Crippen LogP contribution in [0.4, 0.5) is 0 Å². The van der Waals surface area contributed by atoms with Crippen LogP contribution < -0.4 is 0 Å². The van der Waals surface area contributed by atoms with Gasteiger partial charge >= 0.3 is 0 Å². The van der Waals surface area contributed by atoms with E-state index in [1.807, 2.05) is 13.0 Å². The van der Waals surface area contributed by atoms with Gasteiger partial charge in [-0.3, -0.25) is 0 Å². The molecule has 58 valence electrons. The number of oxazole rings is 1. The quantitative estimate of drug-likeness (QED) is 0.648. The van der Waals surface area contributed by atoms with Gasteiger partial charge in [-0.2, -0.15) is 5.26 Å². The molecule has 0 fully saturated rings. The number of hydrogen-bond donors (Lipinski definition) is 0. The Morgan fingerprint density at radius 1 is 1.82 bits per heavy atom. The smallest absolute Gasteiger partial charge is 0.198 e. The molecule has 0 spiro atoms. The Kier molecular flexibility index (Phi) is 2.27. The third kappa shape index (κ3) is 1.58. The van der Waals surface area contributed by atoms with Crippen molar-refractivity contribution in [1.29, 1.82) is 5.26 Å². The van der Waals surface area contributed by atoms with E-state index in [-0.39, 0.29) is 0 Å². The number of nitriles is 1. The summed E-state index contributed by atoms with van der Waals surface area (Å²) in [6, 6.07) is 1.92. The van der Waals surface area contributed by atoms with E-state index in [9.17, 15) is 0 Å². The fraction of sp³-hybridized carbons (Fsp3) is 0.500. The molecule has 1 rings (SSSR count). The van der Waals surface area contributed by atoms with Gasteiger partial charge in [-0.1, -0.05) is 13.8 Å². The van der Waals surface area contributed by atoms with Crippen molar-refractivity contribution in [3.63, 3.8) is 0 Å². The van der Waals surface area contributed by atoms with Crippen LogP contribution in [0.3, 0.4) is 0 Å². The highest BCUT2D eigenvalue weighted by Crippen LogP contribution is 2.16. The van der Waals surface area contributed by atoms with Crippen molar-refractivity contribution in [2.75, 3.05) is 0 Å². The lowest BCUT2D eigenvalue weighted by atomic mass is 10.1. The normalized spacial score (nSPS) is 12.5. The molecule has 0 N–H and O–H groups in total. The Labute approximate surface area is 65.7 Å². The first kappa shape index (κ1) is 7.80. The van der Waals surface area contributed by atoms with E-state index in [0.29, 0.717) is 17.5 Å². The zero-order valence-electron chi connectivity index (χ0n) is 6.66. The van der Waals surface area contributed by atoms with Gasteiger partial charge in [-0.05, 0) is 6.42 Å². The van der Waals surface area contributed by atoms with Crippen LogP contribution in [0.15, 0.2) is 10.7 Å². The summed E-state index contributed by atoms with van der Waals surface area (Å²) in [4.78, 5) is 3.97. The lowest BCUT2D eigenvalue weighted by Crippen LogP contribution is -1.90. The minimum Gasteiger partial charge on any atom is -0.447 e. The second-order valence-corrected chi connectivity index (χ2v) is 2.49. The molecule has 1 aromatic rings. The first-order chi connectivity index (χ1) is 5.27. The van der Waals surface area contributed by atoms with Gasteiger partial charge in [0.1, 0.15) is 12.3 Å². The number of rotatable bonds is 2. The average Bonchev–Trinajstić information content (AvgIpc) is 2.50. The zero-order chi connectivity index (χ0) is 8.27. The van der Waals surface area contributed by atoms with Gasteiger partial charge in [0.15, 0.2) is 11.6 Å². The summed E-state index contributed by atoms with van der Waals surface area (Å²) in [6.45, 7) is 4.08. The standard InChI is InChI=1S/C8H10N2O/c1-3-6(2)8-10-7(4-9)5-11-8/h5-6H,3H2,1-2H3. The third-order valence-corrected chi connectivity index (χ3v) is 1.67. The van der Waals surface area contributed by atoms with E-state index in [1.54, 1.807) is 0 Å². The van der Waals surface area contributed by atoms with E-state index in [1.165, 1.54) is 6.26 Å². The van der Waals surface area contributed by atoms with Crippen LogP contribution >= 0.6 is 0 Å². The van der Waals surface area contributed by atoms with Gasteiger partial charge < -0.3 is 4.42 Å². The Balaban J connectivity index is 2.82. The monoisotopic (exact) mass is 150 g/mol. The van der Waals surface area contributed by atoms with Gasteiger partial charge in [-0.25, -0.2) is 4.98 Å². The average molecular weight is 150 g/mol. The molecular formula is C8H10N2O. The van der Waals surface area contributed by atoms with Crippen molar-refractivity contribution in [3.05, 3.63) is 17.8 Å². The third-order valence-electron chi connectivity index (χ3n) is 1.67. The molecule has 0 aliphatic rings. The van der Waals surface area contributed by atoms with Crippen LogP contribution in [0.2, 0.25) is 0 Å². The molecule has 3 heteroatoms. The molecule has 0 amide bonds. The second-order valence-electron chi connectivity index (χ2n) is 2.49. The van der Waals surface area contributed by atoms with Gasteiger partial charge in [0.2, 0.25) is 0 Å². The largest absolute Gasteiger partial charge is 0.447 e. The number of aromatic nitrogens is 1. The molecule has 1 heterocycles. The highest BCUT2D eigenvalue weighted by atomic mass is 16.3. The maximum atomic E-state index is 8.43. The van der Waals surface area contributed by atoms with E-state index in [4.69, 9.17) is 9.68 Å². The summed E-state index contributed by atoms with van der Waals surface area (Å²) >= 11 is 0. The predicted octanol–water partition coefficient (Wildman–Crippen LogP) is 2.06. The number of nitrogens with zero attached hydrogens (tertiary/aromatic N) is 2. The van der Waals surface area contributed by atoms with Crippen molar-refractivity contribution in [2.45, 2.75) is 26.2 Å². The Hall–Kier alpha value is -1.30. The Morgan fingerprint density at radius 2 is 2.55 bits per heavy atom. The molecule has 3 nitrogen and oxygen atoms in total. The Bertz CT molecular complexity index is 272. The molecule has 0 aromatic carbocycles. The molecule has 0 saturated carbocycles. The minimum atomic E-state index is 0.303. The van der Waals surface area contributed by atoms with E-state index in [2.05, 4.69) is 11.9 Å². The zero-order valence-corrected chi connectivity index (χ0v) is 6.66. The predicted molar refractivity (Wildman–Crippen MR) is 39.9 cm³/mol. The first-order valence-corrected chi connectivity index (χ1v) is 3.63. The van der Waals surface area contributed by atoms with Crippen LogP contribution in [0.5, 0.6) is 0 Å². The summed E-state index contributed by atoms with van der Waals surface area (Å²) in [7, 11) is 0. The molecular weight excluding hydrogens is 140 g/mol. The van der Waals surface area contributed by atoms with Crippen LogP contribution in [-0.2, 0) is 0 Å². The van der Waals surface area contributed by atoms with Crippen molar-refractivity contribution in [3.8, 4) is 6.07 Å². The van der Waals surface area contributed by atoms with Gasteiger partial charge in [0.05, 0.1) is 0 Å². The van der Waals surface area contributed by atoms with Crippen molar-refractivity contribution >= 4 is 0 Å². The molecule has 0 aliphatic heterocycles. The van der Waals surface area contributed by atoms with Crippen LogP contribution in [0.1, 0.15) is 37.8 Å². The number of hydrogen-bond acceptors (Lipinski definition) is 3. The summed E-state index contributed by atoms with van der Waals surface area (Å²) in [6.07, 6.45) is 2.37. The van der Waals surface area contributed by atoms with Crippen LogP contribution in [-0.4, -0.2) is 4.98 Å². The van der Waals surface area contributed by atoms with Crippen LogP contribution in [0, 0.1) is 11.3 Å². The fourth-order valence-corrected chi connectivity index (χ4v) is 0.740. The molecule has 1 atom stereocenters. The summed E-state index contributed by atoms with van der Waals surface area (Å²) < 4.78 is 5.07. The van der Waals surface area contributed by atoms with Crippen LogP contribution in [0.25, 0.3) is 0 Å². The van der Waals surface area contributed by atoms with Gasteiger partial charge in [0, 0.05) is 5.92 Å². The second kappa shape index (κ2) is 3.20. The molecule has 1 unspecified atom stereocenters. The van der Waals surface area contributed by atoms with Crippen molar-refractivity contribution in [2.24, 2.45) is 0 Å². The molecule has 0 bridgehead atoms. The highest BCUT2D eigenvalue weighted by Gasteiger charge is 2.09. The SMILES string of the molecule is CCC(C)c1nc(C#N)co1. The minimum absolute atomic E-state index is 0.303. The van der Waals surface area contributed by atoms with E-state index >= 15 is 0 Å². The van der Waals surface area contributed by atoms with Gasteiger partial charge in [-0.15, -0.1) is 0 Å². The van der Waals surface area contributed by atoms with E-state index in [0.717, 1.165) is 6.42 Å². The molecule has 0 aliphatic carbocycles.